The highest BCUT2D eigenvalue weighted by atomic mass is 32.1. The number of likely N-dealkylation sites (tertiary alicyclic amines) is 1. The Morgan fingerprint density at radius 1 is 1.26 bits per heavy atom. The van der Waals surface area contributed by atoms with Gasteiger partial charge in [0.1, 0.15) is 0 Å². The largest absolute Gasteiger partial charge is 0.354 e. The van der Waals surface area contributed by atoms with Crippen molar-refractivity contribution in [2.75, 3.05) is 13.6 Å². The molecule has 3 heterocycles. The van der Waals surface area contributed by atoms with Crippen LogP contribution in [-0.4, -0.2) is 46.5 Å². The van der Waals surface area contributed by atoms with Crippen molar-refractivity contribution in [1.82, 2.24) is 20.4 Å². The molecule has 1 atom stereocenters. The number of hydrogen-bond donors (Lipinski definition) is 1. The summed E-state index contributed by atoms with van der Waals surface area (Å²) in [4.78, 5) is 32.7. The van der Waals surface area contributed by atoms with Crippen molar-refractivity contribution in [3.8, 4) is 0 Å². The Morgan fingerprint density at radius 2 is 2.10 bits per heavy atom. The fourth-order valence-corrected chi connectivity index (χ4v) is 5.53. The number of benzene rings is 1. The Balaban J connectivity index is 1.57. The lowest BCUT2D eigenvalue weighted by Gasteiger charge is -2.30. The summed E-state index contributed by atoms with van der Waals surface area (Å²) in [5, 5.41) is 7.69. The number of aryl methyl sites for hydroxylation is 2. The molecular weight excluding hydrogens is 412 g/mol. The van der Waals surface area contributed by atoms with Gasteiger partial charge in [0.05, 0.1) is 4.88 Å². The summed E-state index contributed by atoms with van der Waals surface area (Å²) < 4.78 is 6.27. The minimum Gasteiger partial charge on any atom is -0.354 e. The average Bonchev–Trinajstić information content (AvgIpc) is 3.27. The molecule has 7 nitrogen and oxygen atoms in total. The first-order valence-electron chi connectivity index (χ1n) is 10.9. The molecule has 1 N–H and O–H groups in total. The summed E-state index contributed by atoms with van der Waals surface area (Å²) in [6.07, 6.45) is 5.67. The monoisotopic (exact) mass is 440 g/mol. The van der Waals surface area contributed by atoms with Crippen LogP contribution in [0, 0.1) is 6.92 Å². The molecule has 0 radical (unpaired) electrons. The Morgan fingerprint density at radius 3 is 2.87 bits per heavy atom. The van der Waals surface area contributed by atoms with Gasteiger partial charge >= 0.3 is 0 Å². The quantitative estimate of drug-likeness (QED) is 0.628. The number of aromatic nitrogens is 2. The molecule has 164 valence electrons. The second kappa shape index (κ2) is 9.60. The number of nitrogens with one attached hydrogen (secondary N) is 1. The van der Waals surface area contributed by atoms with Crippen LogP contribution < -0.4 is 5.32 Å². The summed E-state index contributed by atoms with van der Waals surface area (Å²) >= 11 is 1.53. The molecule has 4 rings (SSSR count). The third-order valence-corrected chi connectivity index (χ3v) is 7.10. The number of amides is 2. The van der Waals surface area contributed by atoms with Crippen LogP contribution in [0.5, 0.6) is 0 Å². The number of thiophene rings is 1. The zero-order valence-electron chi connectivity index (χ0n) is 18.0. The normalized spacial score (nSPS) is 17.0. The van der Waals surface area contributed by atoms with Gasteiger partial charge < -0.3 is 14.7 Å². The maximum absolute atomic E-state index is 13.2. The van der Waals surface area contributed by atoms with Gasteiger partial charge in [-0.15, -0.1) is 11.3 Å². The van der Waals surface area contributed by atoms with Gasteiger partial charge in [-0.3, -0.25) is 9.59 Å². The zero-order valence-corrected chi connectivity index (χ0v) is 18.8. The standard InChI is InChI=1S/C23H28N4O3S/c1-15-25-20(30-26-15)11-12-21(28)27-13-7-3-4-8-16(27)14-18-17-9-5-6-10-19(17)31-22(18)23(29)24-2/h5-6,9-10,16H,3-4,7-8,11-14H2,1-2H3,(H,24,29)/t16-/m1/s1. The molecule has 3 aromatic rings. The predicted molar refractivity (Wildman–Crippen MR) is 120 cm³/mol. The molecule has 0 aliphatic carbocycles. The second-order valence-corrected chi connectivity index (χ2v) is 9.07. The molecular formula is C23H28N4O3S. The number of carbonyl (C=O) groups excluding carboxylic acids is 2. The molecule has 0 spiro atoms. The Bertz CT molecular complexity index is 1070. The highest BCUT2D eigenvalue weighted by Gasteiger charge is 2.28. The molecule has 8 heteroatoms. The van der Waals surface area contributed by atoms with E-state index in [1.165, 1.54) is 11.3 Å². The van der Waals surface area contributed by atoms with Gasteiger partial charge in [0, 0.05) is 37.2 Å². The molecule has 1 aromatic carbocycles. The molecule has 2 amide bonds. The van der Waals surface area contributed by atoms with E-state index in [9.17, 15) is 9.59 Å². The van der Waals surface area contributed by atoms with Crippen molar-refractivity contribution in [3.05, 3.63) is 46.4 Å². The van der Waals surface area contributed by atoms with Gasteiger partial charge in [-0.1, -0.05) is 36.2 Å². The Hall–Kier alpha value is -2.74. The zero-order chi connectivity index (χ0) is 21.8. The minimum atomic E-state index is -0.0607. The average molecular weight is 441 g/mol. The molecule has 1 aliphatic heterocycles. The lowest BCUT2D eigenvalue weighted by atomic mass is 9.97. The fraction of sp³-hybridized carbons (Fsp3) is 0.478. The molecule has 1 aliphatic rings. The van der Waals surface area contributed by atoms with E-state index in [-0.39, 0.29) is 17.9 Å². The molecule has 0 bridgehead atoms. The van der Waals surface area contributed by atoms with E-state index in [0.29, 0.717) is 31.0 Å². The fourth-order valence-electron chi connectivity index (χ4n) is 4.35. The van der Waals surface area contributed by atoms with E-state index >= 15 is 0 Å². The number of rotatable bonds is 6. The third kappa shape index (κ3) is 4.79. The van der Waals surface area contributed by atoms with Crippen LogP contribution in [0.1, 0.15) is 59.1 Å². The Labute approximate surface area is 185 Å². The molecule has 2 aromatic heterocycles. The van der Waals surface area contributed by atoms with Gasteiger partial charge in [0.2, 0.25) is 11.8 Å². The van der Waals surface area contributed by atoms with E-state index in [2.05, 4.69) is 27.6 Å². The lowest BCUT2D eigenvalue weighted by molar-refractivity contribution is -0.133. The van der Waals surface area contributed by atoms with E-state index in [1.54, 1.807) is 14.0 Å². The smallest absolute Gasteiger partial charge is 0.261 e. The highest BCUT2D eigenvalue weighted by Crippen LogP contribution is 2.34. The van der Waals surface area contributed by atoms with Crippen LogP contribution >= 0.6 is 11.3 Å². The second-order valence-electron chi connectivity index (χ2n) is 8.01. The van der Waals surface area contributed by atoms with Gasteiger partial charge in [0.15, 0.2) is 5.82 Å². The van der Waals surface area contributed by atoms with Crippen LogP contribution in [0.15, 0.2) is 28.8 Å². The van der Waals surface area contributed by atoms with Crippen LogP contribution in [0.4, 0.5) is 0 Å². The maximum atomic E-state index is 13.2. The van der Waals surface area contributed by atoms with Crippen molar-refractivity contribution in [2.45, 2.75) is 57.9 Å². The van der Waals surface area contributed by atoms with Crippen LogP contribution in [-0.2, 0) is 17.6 Å². The first kappa shape index (κ1) is 21.5. The molecule has 0 unspecified atom stereocenters. The summed E-state index contributed by atoms with van der Waals surface area (Å²) in [5.74, 6) is 1.14. The minimum absolute atomic E-state index is 0.0607. The lowest BCUT2D eigenvalue weighted by Crippen LogP contribution is -2.41. The number of fused-ring (bicyclic) bond motifs is 1. The molecule has 31 heavy (non-hydrogen) atoms. The molecule has 1 fully saturated rings. The first-order valence-corrected chi connectivity index (χ1v) is 11.7. The summed E-state index contributed by atoms with van der Waals surface area (Å²) in [7, 11) is 1.66. The summed E-state index contributed by atoms with van der Waals surface area (Å²) in [6.45, 7) is 2.53. The summed E-state index contributed by atoms with van der Waals surface area (Å²) in [6, 6.07) is 8.22. The van der Waals surface area contributed by atoms with E-state index < -0.39 is 0 Å². The van der Waals surface area contributed by atoms with Crippen molar-refractivity contribution < 1.29 is 14.1 Å². The summed E-state index contributed by atoms with van der Waals surface area (Å²) in [5.41, 5.74) is 1.05. The van der Waals surface area contributed by atoms with Crippen molar-refractivity contribution in [3.63, 3.8) is 0 Å². The van der Waals surface area contributed by atoms with Gasteiger partial charge in [-0.05, 0) is 43.2 Å². The van der Waals surface area contributed by atoms with E-state index in [4.69, 9.17) is 4.52 Å². The van der Waals surface area contributed by atoms with Crippen molar-refractivity contribution in [1.29, 1.82) is 0 Å². The number of nitrogens with zero attached hydrogens (tertiary/aromatic N) is 3. The number of hydrogen-bond acceptors (Lipinski definition) is 6. The predicted octanol–water partition coefficient (Wildman–Crippen LogP) is 3.90. The Kier molecular flexibility index (Phi) is 6.65. The van der Waals surface area contributed by atoms with Crippen LogP contribution in [0.2, 0.25) is 0 Å². The van der Waals surface area contributed by atoms with Crippen molar-refractivity contribution in [2.24, 2.45) is 0 Å². The maximum Gasteiger partial charge on any atom is 0.261 e. The van der Waals surface area contributed by atoms with Gasteiger partial charge in [-0.2, -0.15) is 4.98 Å². The third-order valence-electron chi connectivity index (χ3n) is 5.89. The molecule has 1 saturated heterocycles. The van der Waals surface area contributed by atoms with Crippen molar-refractivity contribution >= 4 is 33.2 Å². The van der Waals surface area contributed by atoms with E-state index in [1.807, 2.05) is 17.0 Å². The van der Waals surface area contributed by atoms with Gasteiger partial charge in [0.25, 0.3) is 5.91 Å². The molecule has 0 saturated carbocycles. The SMILES string of the molecule is CNC(=O)c1sc2ccccc2c1C[C@H]1CCCCCN1C(=O)CCc1nc(C)no1. The first-order chi connectivity index (χ1) is 15.1. The van der Waals surface area contributed by atoms with E-state index in [0.717, 1.165) is 52.8 Å². The van der Waals surface area contributed by atoms with Gasteiger partial charge in [-0.25, -0.2) is 0 Å². The number of carbonyl (C=O) groups is 2. The van der Waals surface area contributed by atoms with Crippen LogP contribution in [0.25, 0.3) is 10.1 Å². The topological polar surface area (TPSA) is 88.3 Å². The van der Waals surface area contributed by atoms with Crippen LogP contribution in [0.3, 0.4) is 0 Å². The highest BCUT2D eigenvalue weighted by molar-refractivity contribution is 7.21.